The molecule has 1 spiro atoms. The number of methoxy groups -OCH3 is 1. The highest BCUT2D eigenvalue weighted by Crippen LogP contribution is 2.43. The zero-order chi connectivity index (χ0) is 17.1. The largest absolute Gasteiger partial charge is 0.382 e. The van der Waals surface area contributed by atoms with E-state index in [1.807, 2.05) is 0 Å². The van der Waals surface area contributed by atoms with E-state index in [1.165, 1.54) is 51.6 Å². The Morgan fingerprint density at radius 1 is 1.08 bits per heavy atom. The lowest BCUT2D eigenvalue weighted by Crippen LogP contribution is -2.41. The summed E-state index contributed by atoms with van der Waals surface area (Å²) in [7, 11) is 1.70. The molecule has 0 amide bonds. The Balaban J connectivity index is 0.00000312. The summed E-state index contributed by atoms with van der Waals surface area (Å²) >= 11 is 0. The first kappa shape index (κ1) is 23.0. The van der Waals surface area contributed by atoms with Gasteiger partial charge in [-0.15, -0.1) is 24.0 Å². The van der Waals surface area contributed by atoms with Crippen LogP contribution in [0.3, 0.4) is 0 Å². The van der Waals surface area contributed by atoms with E-state index >= 15 is 0 Å². The molecule has 0 radical (unpaired) electrons. The number of halogens is 1. The Labute approximate surface area is 171 Å². The van der Waals surface area contributed by atoms with Gasteiger partial charge >= 0.3 is 0 Å². The minimum atomic E-state index is 0. The SMILES string of the molecule is CCNC(=NCCCCOCCOC)N1CCC2(CCCCC2)C1.I. The van der Waals surface area contributed by atoms with Gasteiger partial charge in [-0.1, -0.05) is 19.3 Å². The van der Waals surface area contributed by atoms with Crippen molar-refractivity contribution >= 4 is 29.9 Å². The van der Waals surface area contributed by atoms with Crippen molar-refractivity contribution < 1.29 is 9.47 Å². The molecule has 2 rings (SSSR count). The van der Waals surface area contributed by atoms with Gasteiger partial charge < -0.3 is 19.7 Å². The summed E-state index contributed by atoms with van der Waals surface area (Å²) in [6.45, 7) is 8.55. The summed E-state index contributed by atoms with van der Waals surface area (Å²) in [6, 6.07) is 0. The van der Waals surface area contributed by atoms with Crippen molar-refractivity contribution in [3.63, 3.8) is 0 Å². The minimum Gasteiger partial charge on any atom is -0.382 e. The maximum Gasteiger partial charge on any atom is 0.193 e. The topological polar surface area (TPSA) is 46.1 Å². The van der Waals surface area contributed by atoms with Crippen molar-refractivity contribution in [3.05, 3.63) is 0 Å². The van der Waals surface area contributed by atoms with Crippen LogP contribution in [-0.4, -0.2) is 64.0 Å². The molecule has 1 aliphatic heterocycles. The van der Waals surface area contributed by atoms with Crippen molar-refractivity contribution in [2.24, 2.45) is 10.4 Å². The first-order valence-electron chi connectivity index (χ1n) is 9.90. The van der Waals surface area contributed by atoms with Crippen LogP contribution >= 0.6 is 24.0 Å². The monoisotopic (exact) mass is 467 g/mol. The fourth-order valence-electron chi connectivity index (χ4n) is 4.00. The van der Waals surface area contributed by atoms with E-state index in [-0.39, 0.29) is 24.0 Å². The van der Waals surface area contributed by atoms with Crippen LogP contribution in [0.5, 0.6) is 0 Å². The summed E-state index contributed by atoms with van der Waals surface area (Å²) in [5.74, 6) is 1.13. The smallest absolute Gasteiger partial charge is 0.193 e. The van der Waals surface area contributed by atoms with Crippen molar-refractivity contribution in [2.75, 3.05) is 53.1 Å². The van der Waals surface area contributed by atoms with Crippen LogP contribution in [0.25, 0.3) is 0 Å². The molecule has 0 unspecified atom stereocenters. The lowest BCUT2D eigenvalue weighted by molar-refractivity contribution is 0.0690. The summed E-state index contributed by atoms with van der Waals surface area (Å²) in [5, 5.41) is 3.49. The molecule has 1 aliphatic carbocycles. The molecule has 0 bridgehead atoms. The predicted molar refractivity (Wildman–Crippen MR) is 115 cm³/mol. The Hall–Kier alpha value is -0.0800. The van der Waals surface area contributed by atoms with Gasteiger partial charge in [0, 0.05) is 39.9 Å². The quantitative estimate of drug-likeness (QED) is 0.243. The van der Waals surface area contributed by atoms with Crippen LogP contribution in [0, 0.1) is 5.41 Å². The minimum absolute atomic E-state index is 0. The molecule has 1 heterocycles. The molecule has 6 heteroatoms. The molecule has 1 saturated carbocycles. The van der Waals surface area contributed by atoms with Crippen LogP contribution in [0.1, 0.15) is 58.3 Å². The van der Waals surface area contributed by atoms with E-state index in [9.17, 15) is 0 Å². The number of hydrogen-bond acceptors (Lipinski definition) is 3. The van der Waals surface area contributed by atoms with E-state index in [0.29, 0.717) is 18.6 Å². The average Bonchev–Trinajstić information content (AvgIpc) is 3.00. The first-order chi connectivity index (χ1) is 11.8. The Morgan fingerprint density at radius 2 is 1.88 bits per heavy atom. The number of ether oxygens (including phenoxy) is 2. The normalized spacial score (nSPS) is 19.9. The molecule has 0 aromatic carbocycles. The van der Waals surface area contributed by atoms with E-state index in [0.717, 1.165) is 38.5 Å². The maximum absolute atomic E-state index is 5.50. The summed E-state index contributed by atoms with van der Waals surface area (Å²) in [6.07, 6.45) is 10.6. The molecule has 2 aliphatic rings. The first-order valence-corrected chi connectivity index (χ1v) is 9.90. The van der Waals surface area contributed by atoms with Crippen LogP contribution < -0.4 is 5.32 Å². The molecule has 148 valence electrons. The third kappa shape index (κ3) is 7.99. The van der Waals surface area contributed by atoms with Gasteiger partial charge in [0.15, 0.2) is 5.96 Å². The highest BCUT2D eigenvalue weighted by molar-refractivity contribution is 14.0. The van der Waals surface area contributed by atoms with Crippen LogP contribution in [0.4, 0.5) is 0 Å². The van der Waals surface area contributed by atoms with Gasteiger partial charge in [-0.05, 0) is 44.4 Å². The number of guanidine groups is 1. The Bertz CT molecular complexity index is 374. The van der Waals surface area contributed by atoms with Crippen molar-refractivity contribution in [3.8, 4) is 0 Å². The zero-order valence-corrected chi connectivity index (χ0v) is 18.6. The molecule has 0 aromatic rings. The molecule has 5 nitrogen and oxygen atoms in total. The van der Waals surface area contributed by atoms with Crippen molar-refractivity contribution in [2.45, 2.75) is 58.3 Å². The standard InChI is InChI=1S/C19H37N3O2.HI/c1-3-20-18(21-12-7-8-14-24-16-15-23-2)22-13-11-19(17-22)9-5-4-6-10-19;/h3-17H2,1-2H3,(H,20,21);1H. The fourth-order valence-corrected chi connectivity index (χ4v) is 4.00. The van der Waals surface area contributed by atoms with E-state index < -0.39 is 0 Å². The van der Waals surface area contributed by atoms with Crippen LogP contribution in [0.2, 0.25) is 0 Å². The zero-order valence-electron chi connectivity index (χ0n) is 16.2. The summed E-state index contributed by atoms with van der Waals surface area (Å²) in [5.41, 5.74) is 0.587. The van der Waals surface area contributed by atoms with Gasteiger partial charge in [-0.2, -0.15) is 0 Å². The second-order valence-electron chi connectivity index (χ2n) is 7.28. The van der Waals surface area contributed by atoms with Gasteiger partial charge in [0.25, 0.3) is 0 Å². The lowest BCUT2D eigenvalue weighted by Gasteiger charge is -2.33. The third-order valence-corrected chi connectivity index (χ3v) is 5.38. The molecule has 25 heavy (non-hydrogen) atoms. The molecule has 2 fully saturated rings. The highest BCUT2D eigenvalue weighted by atomic mass is 127. The summed E-state index contributed by atoms with van der Waals surface area (Å²) < 4.78 is 10.5. The van der Waals surface area contributed by atoms with Gasteiger partial charge in [-0.3, -0.25) is 4.99 Å². The number of nitrogens with one attached hydrogen (secondary N) is 1. The number of hydrogen-bond donors (Lipinski definition) is 1. The van der Waals surface area contributed by atoms with Crippen LogP contribution in [0.15, 0.2) is 4.99 Å². The van der Waals surface area contributed by atoms with E-state index in [1.54, 1.807) is 7.11 Å². The molecule has 0 atom stereocenters. The maximum atomic E-state index is 5.50. The number of aliphatic imine (C=N–C) groups is 1. The number of unbranched alkanes of at least 4 members (excludes halogenated alkanes) is 1. The predicted octanol–water partition coefficient (Wildman–Crippen LogP) is 3.67. The second-order valence-corrected chi connectivity index (χ2v) is 7.28. The Morgan fingerprint density at radius 3 is 2.60 bits per heavy atom. The van der Waals surface area contributed by atoms with E-state index in [4.69, 9.17) is 14.5 Å². The molecule has 0 aromatic heterocycles. The van der Waals surface area contributed by atoms with Gasteiger partial charge in [0.2, 0.25) is 0 Å². The third-order valence-electron chi connectivity index (χ3n) is 5.38. The fraction of sp³-hybridized carbons (Fsp3) is 0.947. The molecule has 1 saturated heterocycles. The molecule has 1 N–H and O–H groups in total. The summed E-state index contributed by atoms with van der Waals surface area (Å²) in [4.78, 5) is 7.36. The van der Waals surface area contributed by atoms with Gasteiger partial charge in [-0.25, -0.2) is 0 Å². The molecular weight excluding hydrogens is 429 g/mol. The Kier molecular flexibility index (Phi) is 12.1. The number of rotatable bonds is 9. The van der Waals surface area contributed by atoms with Gasteiger partial charge in [0.05, 0.1) is 13.2 Å². The lowest BCUT2D eigenvalue weighted by atomic mass is 9.73. The molecular formula is C19H38IN3O2. The number of likely N-dealkylation sites (tertiary alicyclic amines) is 1. The highest BCUT2D eigenvalue weighted by Gasteiger charge is 2.39. The van der Waals surface area contributed by atoms with E-state index in [2.05, 4.69) is 17.1 Å². The number of nitrogens with zero attached hydrogens (tertiary/aromatic N) is 2. The second kappa shape index (κ2) is 13.1. The van der Waals surface area contributed by atoms with Crippen molar-refractivity contribution in [1.29, 1.82) is 0 Å². The van der Waals surface area contributed by atoms with Gasteiger partial charge in [0.1, 0.15) is 0 Å². The average molecular weight is 467 g/mol. The van der Waals surface area contributed by atoms with Crippen LogP contribution in [-0.2, 0) is 9.47 Å². The van der Waals surface area contributed by atoms with Crippen molar-refractivity contribution in [1.82, 2.24) is 10.2 Å².